The minimum Gasteiger partial charge on any atom is -0.481 e. The summed E-state index contributed by atoms with van der Waals surface area (Å²) >= 11 is 7.17. The van der Waals surface area contributed by atoms with Crippen molar-refractivity contribution in [3.63, 3.8) is 0 Å². The fraction of sp³-hybridized carbons (Fsp3) is 0.609. The molecule has 3 fully saturated rings. The maximum absolute atomic E-state index is 14.6. The lowest BCUT2D eigenvalue weighted by Crippen LogP contribution is -2.63. The van der Waals surface area contributed by atoms with Crippen LogP contribution in [0.5, 0.6) is 0 Å². The second-order valence-corrected chi connectivity index (χ2v) is 28.5. The molecular formula is C69H99ClN12O18S. The van der Waals surface area contributed by atoms with Crippen molar-refractivity contribution in [2.45, 2.75) is 205 Å². The van der Waals surface area contributed by atoms with Gasteiger partial charge in [-0.25, -0.2) is 0 Å². The molecule has 0 saturated carbocycles. The van der Waals surface area contributed by atoms with E-state index in [2.05, 4.69) is 37.2 Å². The maximum atomic E-state index is 14.6. The van der Waals surface area contributed by atoms with Crippen molar-refractivity contribution in [3.05, 3.63) is 70.7 Å². The highest BCUT2D eigenvalue weighted by molar-refractivity contribution is 8.00. The first kappa shape index (κ1) is 83.1. The molecule has 0 unspecified atom stereocenters. The Morgan fingerprint density at radius 1 is 0.554 bits per heavy atom. The average molecular weight is 1450 g/mol. The normalized spacial score (nSPS) is 28.1. The number of rotatable bonds is 12. The van der Waals surface area contributed by atoms with Crippen LogP contribution < -0.4 is 43.0 Å². The molecule has 2 aromatic carbocycles. The second-order valence-electron chi connectivity index (χ2n) is 27.1. The molecule has 101 heavy (non-hydrogen) atoms. The molecule has 0 radical (unpaired) electrons. The number of nitrogens with two attached hydrogens (primary N) is 1. The molecule has 0 aromatic heterocycles. The summed E-state index contributed by atoms with van der Waals surface area (Å²) in [5.74, 6) is -16.7. The predicted molar refractivity (Wildman–Crippen MR) is 371 cm³/mol. The van der Waals surface area contributed by atoms with Crippen LogP contribution in [0.2, 0.25) is 5.02 Å². The Hall–Kier alpha value is -8.55. The van der Waals surface area contributed by atoms with Crippen LogP contribution in [0.1, 0.15) is 125 Å². The minimum absolute atomic E-state index is 0.0407. The number of carboxylic acids is 1. The number of hydrogen-bond acceptors (Lipinski definition) is 18. The van der Waals surface area contributed by atoms with Crippen molar-refractivity contribution < 1.29 is 87.2 Å². The van der Waals surface area contributed by atoms with Gasteiger partial charge in [-0.2, -0.15) is 11.8 Å². The molecule has 556 valence electrons. The van der Waals surface area contributed by atoms with Crippen LogP contribution in [0.4, 0.5) is 0 Å². The third kappa shape index (κ3) is 23.5. The third-order valence-corrected chi connectivity index (χ3v) is 19.9. The fourth-order valence-corrected chi connectivity index (χ4v) is 13.3. The fourth-order valence-electron chi connectivity index (χ4n) is 12.1. The van der Waals surface area contributed by atoms with Gasteiger partial charge in [0.2, 0.25) is 70.9 Å². The number of carbonyl (C=O) groups is 15. The molecule has 0 aliphatic carbocycles. The summed E-state index contributed by atoms with van der Waals surface area (Å²) in [4.78, 5) is 215. The molecule has 15 atom stereocenters. The van der Waals surface area contributed by atoms with E-state index in [4.69, 9.17) is 17.3 Å². The van der Waals surface area contributed by atoms with E-state index in [9.17, 15) is 87.2 Å². The Labute approximate surface area is 597 Å². The maximum Gasteiger partial charge on any atom is 0.303 e. The Kier molecular flexibility index (Phi) is 31.7. The van der Waals surface area contributed by atoms with E-state index in [0.717, 1.165) is 28.5 Å². The number of Topliss-reactive ketones (excluding diaryl/α,β-unsaturated/α-hetero) is 2. The molecular weight excluding hydrogens is 1350 g/mol. The number of amides is 12. The van der Waals surface area contributed by atoms with Crippen LogP contribution in [0, 0.1) is 23.7 Å². The average Bonchev–Trinajstić information content (AvgIpc) is 1.80. The number of hydrogen-bond donors (Lipinski definition) is 11. The van der Waals surface area contributed by atoms with Crippen LogP contribution in [0.25, 0.3) is 0 Å². The van der Waals surface area contributed by atoms with Crippen LogP contribution >= 0.6 is 23.4 Å². The summed E-state index contributed by atoms with van der Waals surface area (Å²) < 4.78 is 0. The van der Waals surface area contributed by atoms with Crippen LogP contribution in [0.15, 0.2) is 54.6 Å². The van der Waals surface area contributed by atoms with E-state index < -0.39 is 210 Å². The van der Waals surface area contributed by atoms with Gasteiger partial charge in [0.15, 0.2) is 5.78 Å². The molecule has 32 heteroatoms. The first-order valence-electron chi connectivity index (χ1n) is 34.0. The number of carboxylic acid groups (broad SMARTS) is 1. The number of ketones is 2. The van der Waals surface area contributed by atoms with Gasteiger partial charge in [-0.3, -0.25) is 71.9 Å². The molecule has 12 amide bonds. The number of primary amides is 1. The number of nitrogens with zero attached hydrogens (tertiary/aromatic N) is 4. The smallest absolute Gasteiger partial charge is 0.303 e. The molecule has 3 aliphatic heterocycles. The largest absolute Gasteiger partial charge is 0.481 e. The standard InChI is InChI=1S/C69H99ClN12O18S/c1-35(2)54-68(99)80(11)39(7)60(91)74-49(30-43-21-23-46(70)24-22-43)67(98)79(10)38(6)59(90)73-48(25-26-53(87)88)62(93)72-37(5)66(97)81-27-15-19-50(81)52(86)32-45(58(71)89)33-101-34-47(85)31-44(29-42-17-13-12-14-18-42)61(92)75-55(36(3)4)69(100)82-28-16-20-51(82)63(94)77-56(40(8)83)65(96)78-57(41(9)84)64(95)76-54/h12-14,17-18,21-24,35-41,44-45,48-51,54-57,83-84H,15-16,19-20,25-34H2,1-11H3,(H2,71,89)(H,72,93)(H,73,90)(H,74,91)(H,75,92)(H,76,95)(H,77,94)(H,78,96)(H,87,88)/t37-,38-,39-,40+,41+,44+,45-,48-,49-,50-,51-,54-,55-,56-,57-/m0/s1. The third-order valence-electron chi connectivity index (χ3n) is 18.5. The van der Waals surface area contributed by atoms with Crippen molar-refractivity contribution in [1.82, 2.24) is 56.8 Å². The number of aliphatic carboxylic acids is 1. The van der Waals surface area contributed by atoms with E-state index in [1.807, 2.05) is 0 Å². The highest BCUT2D eigenvalue weighted by Crippen LogP contribution is 2.27. The Morgan fingerprint density at radius 2 is 1.04 bits per heavy atom. The number of halogens is 1. The molecule has 3 heterocycles. The summed E-state index contributed by atoms with van der Waals surface area (Å²) in [7, 11) is 2.49. The lowest BCUT2D eigenvalue weighted by atomic mass is 9.92. The van der Waals surface area contributed by atoms with Crippen molar-refractivity contribution in [3.8, 4) is 0 Å². The molecule has 30 nitrogen and oxygen atoms in total. The number of benzene rings is 2. The second kappa shape index (κ2) is 38.5. The minimum atomic E-state index is -1.84. The van der Waals surface area contributed by atoms with E-state index in [-0.39, 0.29) is 56.7 Å². The van der Waals surface area contributed by atoms with Gasteiger partial charge in [0.05, 0.1) is 29.9 Å². The van der Waals surface area contributed by atoms with Gasteiger partial charge in [-0.1, -0.05) is 81.8 Å². The summed E-state index contributed by atoms with van der Waals surface area (Å²) in [6, 6.07) is -0.910. The first-order valence-corrected chi connectivity index (χ1v) is 35.5. The quantitative estimate of drug-likeness (QED) is 0.128. The van der Waals surface area contributed by atoms with E-state index in [0.29, 0.717) is 29.0 Å². The molecule has 12 N–H and O–H groups in total. The zero-order valence-corrected chi connectivity index (χ0v) is 60.6. The molecule has 2 aromatic rings. The van der Waals surface area contributed by atoms with Gasteiger partial charge in [-0.05, 0) is 108 Å². The van der Waals surface area contributed by atoms with Crippen molar-refractivity contribution in [1.29, 1.82) is 0 Å². The summed E-state index contributed by atoms with van der Waals surface area (Å²) in [5, 5.41) is 49.9. The topological polar surface area (TPSA) is 440 Å². The van der Waals surface area contributed by atoms with Crippen molar-refractivity contribution >= 4 is 112 Å². The predicted octanol–water partition coefficient (Wildman–Crippen LogP) is -0.464. The summed E-state index contributed by atoms with van der Waals surface area (Å²) in [6.45, 7) is 12.9. The van der Waals surface area contributed by atoms with Crippen molar-refractivity contribution in [2.75, 3.05) is 38.7 Å². The number of carbonyl (C=O) groups excluding carboxylic acids is 14. The Bertz CT molecular complexity index is 3340. The van der Waals surface area contributed by atoms with Crippen molar-refractivity contribution in [2.24, 2.45) is 29.4 Å². The molecule has 3 aliphatic rings. The zero-order valence-electron chi connectivity index (χ0n) is 59.0. The lowest BCUT2D eigenvalue weighted by Gasteiger charge is -2.34. The molecule has 3 saturated heterocycles. The van der Waals surface area contributed by atoms with Gasteiger partial charge in [0.1, 0.15) is 66.2 Å². The number of likely N-dealkylation sites (N-methyl/N-ethyl adjacent to an activating group) is 2. The monoisotopic (exact) mass is 1450 g/mol. The molecule has 0 spiro atoms. The van der Waals surface area contributed by atoms with Gasteiger partial charge in [0.25, 0.3) is 0 Å². The van der Waals surface area contributed by atoms with E-state index in [1.54, 1.807) is 70.2 Å². The zero-order chi connectivity index (χ0) is 75.4. The van der Waals surface area contributed by atoms with Gasteiger partial charge >= 0.3 is 5.97 Å². The van der Waals surface area contributed by atoms with E-state index in [1.165, 1.54) is 63.7 Å². The van der Waals surface area contributed by atoms with Crippen LogP contribution in [0.3, 0.4) is 0 Å². The summed E-state index contributed by atoms with van der Waals surface area (Å²) in [6.07, 6.45) is -4.44. The highest BCUT2D eigenvalue weighted by atomic mass is 35.5. The SMILES string of the molecule is CC(C)[C@@H]1NC(=O)[C@H]([C@@H](C)O)NC(=O)[C@H]([C@@H](C)O)NC(=O)[C@@H]2CCCN2C(=O)[C@H](C(C)C)NC(=O)[C@H](Cc2ccccc2)CC(=O)CSC[C@@H](C(N)=O)CC(=O)[C@@H]2CCCN2C(=O)[C@H](C)NC(=O)[C@H](CCC(=O)O)NC(=O)[C@H](C)N(C)C(=O)[C@H](Cc2ccc(Cl)cc2)NC(=O)[C@H](C)N(C)C1=O. The molecule has 5 rings (SSSR count). The Morgan fingerprint density at radius 3 is 1.57 bits per heavy atom. The van der Waals surface area contributed by atoms with Gasteiger partial charge < -0.3 is 77.9 Å². The van der Waals surface area contributed by atoms with Gasteiger partial charge in [0, 0.05) is 69.6 Å². The van der Waals surface area contributed by atoms with E-state index >= 15 is 0 Å². The number of thioether (sulfide) groups is 1. The number of aliphatic hydroxyl groups excluding tert-OH is 2. The first-order chi connectivity index (χ1) is 47.4. The number of nitrogens with one attached hydrogen (secondary N) is 7. The molecule has 0 bridgehead atoms. The number of aliphatic hydroxyl groups is 2. The Balaban J connectivity index is 1.50. The van der Waals surface area contributed by atoms with Crippen LogP contribution in [-0.2, 0) is 84.8 Å². The highest BCUT2D eigenvalue weighted by Gasteiger charge is 2.44. The summed E-state index contributed by atoms with van der Waals surface area (Å²) in [5.41, 5.74) is 6.99. The van der Waals surface area contributed by atoms with Gasteiger partial charge in [-0.15, -0.1) is 0 Å². The lowest BCUT2D eigenvalue weighted by molar-refractivity contribution is -0.145. The van der Waals surface area contributed by atoms with Crippen LogP contribution in [-0.4, -0.2) is 241 Å². The number of fused-ring (bicyclic) bond motifs is 2.